The van der Waals surface area contributed by atoms with Gasteiger partial charge in [0, 0.05) is 13.1 Å². The van der Waals surface area contributed by atoms with Crippen molar-refractivity contribution in [1.82, 2.24) is 9.55 Å². The first-order chi connectivity index (χ1) is 7.50. The van der Waals surface area contributed by atoms with Gasteiger partial charge >= 0.3 is 0 Å². The molecule has 0 radical (unpaired) electrons. The van der Waals surface area contributed by atoms with Crippen LogP contribution in [0.1, 0.15) is 25.7 Å². The van der Waals surface area contributed by atoms with Crippen LogP contribution in [-0.4, -0.2) is 9.55 Å². The second-order valence-electron chi connectivity index (χ2n) is 4.43. The van der Waals surface area contributed by atoms with Gasteiger partial charge < -0.3 is 10.3 Å². The molecule has 2 N–H and O–H groups in total. The molecule has 0 saturated heterocycles. The molecule has 0 aliphatic heterocycles. The Bertz CT molecular complexity index is 516. The van der Waals surface area contributed by atoms with E-state index in [0.29, 0.717) is 11.4 Å². The lowest BCUT2D eigenvalue weighted by Gasteiger charge is -2.14. The fraction of sp³-hybridized carbons (Fsp3) is 0.417. The highest BCUT2D eigenvalue weighted by Crippen LogP contribution is 2.23. The van der Waals surface area contributed by atoms with E-state index in [2.05, 4.69) is 4.98 Å². The summed E-state index contributed by atoms with van der Waals surface area (Å²) in [5.74, 6) is 0.839. The third-order valence-electron chi connectivity index (χ3n) is 2.89. The van der Waals surface area contributed by atoms with Crippen molar-refractivity contribution >= 4 is 11.0 Å². The topological polar surface area (TPSA) is 43.8 Å². The van der Waals surface area contributed by atoms with Crippen LogP contribution < -0.4 is 5.73 Å². The Morgan fingerprint density at radius 1 is 1.38 bits per heavy atom. The Morgan fingerprint density at radius 3 is 2.69 bits per heavy atom. The van der Waals surface area contributed by atoms with Crippen LogP contribution >= 0.6 is 0 Å². The van der Waals surface area contributed by atoms with E-state index >= 15 is 0 Å². The Labute approximate surface area is 94.1 Å². The van der Waals surface area contributed by atoms with Gasteiger partial charge in [-0.1, -0.05) is 13.8 Å². The minimum absolute atomic E-state index is 0.125. The van der Waals surface area contributed by atoms with Crippen molar-refractivity contribution in [3.05, 3.63) is 29.8 Å². The van der Waals surface area contributed by atoms with E-state index < -0.39 is 0 Å². The minimum Gasteiger partial charge on any atom is -0.330 e. The van der Waals surface area contributed by atoms with Crippen LogP contribution in [0.15, 0.2) is 18.2 Å². The summed E-state index contributed by atoms with van der Waals surface area (Å²) in [4.78, 5) is 4.39. The fourth-order valence-electron chi connectivity index (χ4n) is 1.79. The quantitative estimate of drug-likeness (QED) is 0.846. The number of rotatable bonds is 2. The second kappa shape index (κ2) is 3.87. The van der Waals surface area contributed by atoms with Gasteiger partial charge in [-0.25, -0.2) is 9.37 Å². The number of hydrogen-bond donors (Lipinski definition) is 1. The van der Waals surface area contributed by atoms with Crippen molar-refractivity contribution < 1.29 is 4.39 Å². The van der Waals surface area contributed by atoms with Crippen LogP contribution in [0.5, 0.6) is 0 Å². The number of hydrogen-bond acceptors (Lipinski definition) is 2. The first-order valence-electron chi connectivity index (χ1n) is 5.38. The summed E-state index contributed by atoms with van der Waals surface area (Å²) in [5.41, 5.74) is 7.63. The highest BCUT2D eigenvalue weighted by molar-refractivity contribution is 5.76. The zero-order valence-electron chi connectivity index (χ0n) is 9.74. The molecule has 0 saturated carbocycles. The summed E-state index contributed by atoms with van der Waals surface area (Å²) in [6.45, 7) is 4.09. The monoisotopic (exact) mass is 221 g/mol. The van der Waals surface area contributed by atoms with Gasteiger partial charge in [-0.15, -0.1) is 0 Å². The molecule has 0 spiro atoms. The largest absolute Gasteiger partial charge is 0.330 e. The highest BCUT2D eigenvalue weighted by Gasteiger charge is 2.17. The van der Waals surface area contributed by atoms with E-state index in [0.717, 1.165) is 11.3 Å². The van der Waals surface area contributed by atoms with Gasteiger partial charge in [0.2, 0.25) is 0 Å². The zero-order chi connectivity index (χ0) is 11.9. The van der Waals surface area contributed by atoms with Crippen molar-refractivity contribution in [3.8, 4) is 0 Å². The van der Waals surface area contributed by atoms with Gasteiger partial charge in [-0.3, -0.25) is 0 Å². The summed E-state index contributed by atoms with van der Waals surface area (Å²) in [6.07, 6.45) is 0. The number of imidazole rings is 1. The second-order valence-corrected chi connectivity index (χ2v) is 4.43. The Hall–Kier alpha value is -1.42. The molecule has 4 heteroatoms. The third kappa shape index (κ3) is 1.69. The van der Waals surface area contributed by atoms with E-state index in [1.807, 2.05) is 25.5 Å². The number of benzene rings is 1. The standard InChI is InChI=1S/C12H16FN3/c1-7(2)11(14)12-15-9-6-8(13)4-5-10(9)16(12)3/h4-7,11H,14H2,1-3H3. The summed E-state index contributed by atoms with van der Waals surface area (Å²) in [6, 6.07) is 4.48. The lowest BCUT2D eigenvalue weighted by molar-refractivity contribution is 0.480. The minimum atomic E-state index is -0.268. The number of nitrogens with two attached hydrogens (primary N) is 1. The maximum absolute atomic E-state index is 13.1. The predicted molar refractivity (Wildman–Crippen MR) is 62.4 cm³/mol. The highest BCUT2D eigenvalue weighted by atomic mass is 19.1. The summed E-state index contributed by atoms with van der Waals surface area (Å²) >= 11 is 0. The molecular weight excluding hydrogens is 205 g/mol. The molecule has 0 fully saturated rings. The first kappa shape index (κ1) is 11.1. The maximum Gasteiger partial charge on any atom is 0.126 e. The number of aromatic nitrogens is 2. The number of halogens is 1. The number of nitrogens with zero attached hydrogens (tertiary/aromatic N) is 2. The molecule has 1 aromatic heterocycles. The molecule has 1 atom stereocenters. The van der Waals surface area contributed by atoms with E-state index in [-0.39, 0.29) is 11.9 Å². The summed E-state index contributed by atoms with van der Waals surface area (Å²) in [5, 5.41) is 0. The SMILES string of the molecule is CC(C)C(N)c1nc2cc(F)ccc2n1C. The summed E-state index contributed by atoms with van der Waals surface area (Å²) < 4.78 is 15.0. The maximum atomic E-state index is 13.1. The molecule has 3 nitrogen and oxygen atoms in total. The Balaban J connectivity index is 2.60. The lowest BCUT2D eigenvalue weighted by atomic mass is 10.1. The van der Waals surface area contributed by atoms with Crippen LogP contribution in [0.3, 0.4) is 0 Å². The van der Waals surface area contributed by atoms with E-state index in [1.54, 1.807) is 6.07 Å². The Kier molecular flexibility index (Phi) is 2.68. The van der Waals surface area contributed by atoms with Crippen molar-refractivity contribution in [3.63, 3.8) is 0 Å². The van der Waals surface area contributed by atoms with Crippen molar-refractivity contribution in [1.29, 1.82) is 0 Å². The van der Waals surface area contributed by atoms with Gasteiger partial charge in [0.05, 0.1) is 17.1 Å². The molecule has 2 aromatic rings. The predicted octanol–water partition coefficient (Wildman–Crippen LogP) is 2.37. The molecule has 2 rings (SSSR count). The van der Waals surface area contributed by atoms with E-state index in [9.17, 15) is 4.39 Å². The van der Waals surface area contributed by atoms with Crippen LogP contribution in [-0.2, 0) is 7.05 Å². The van der Waals surface area contributed by atoms with Gasteiger partial charge in [-0.05, 0) is 18.1 Å². The molecule has 16 heavy (non-hydrogen) atoms. The fourth-order valence-corrected chi connectivity index (χ4v) is 1.79. The first-order valence-corrected chi connectivity index (χ1v) is 5.38. The average Bonchev–Trinajstić information content (AvgIpc) is 2.54. The van der Waals surface area contributed by atoms with E-state index in [4.69, 9.17) is 5.73 Å². The van der Waals surface area contributed by atoms with Crippen molar-refractivity contribution in [2.45, 2.75) is 19.9 Å². The van der Waals surface area contributed by atoms with Crippen molar-refractivity contribution in [2.24, 2.45) is 18.7 Å². The van der Waals surface area contributed by atoms with Crippen LogP contribution in [0.2, 0.25) is 0 Å². The molecule has 0 aliphatic rings. The molecule has 1 unspecified atom stereocenters. The third-order valence-corrected chi connectivity index (χ3v) is 2.89. The Morgan fingerprint density at radius 2 is 2.06 bits per heavy atom. The molecular formula is C12H16FN3. The van der Waals surface area contributed by atoms with Crippen LogP contribution in [0, 0.1) is 11.7 Å². The molecule has 1 heterocycles. The zero-order valence-corrected chi connectivity index (χ0v) is 9.74. The van der Waals surface area contributed by atoms with Gasteiger partial charge in [-0.2, -0.15) is 0 Å². The van der Waals surface area contributed by atoms with E-state index in [1.165, 1.54) is 12.1 Å². The van der Waals surface area contributed by atoms with Gasteiger partial charge in [0.15, 0.2) is 0 Å². The smallest absolute Gasteiger partial charge is 0.126 e. The summed E-state index contributed by atoms with van der Waals surface area (Å²) in [7, 11) is 1.91. The molecule has 0 amide bonds. The molecule has 86 valence electrons. The van der Waals surface area contributed by atoms with Gasteiger partial charge in [0.1, 0.15) is 11.6 Å². The lowest BCUT2D eigenvalue weighted by Crippen LogP contribution is -2.20. The number of aryl methyl sites for hydroxylation is 1. The average molecular weight is 221 g/mol. The number of fused-ring (bicyclic) bond motifs is 1. The van der Waals surface area contributed by atoms with Crippen LogP contribution in [0.25, 0.3) is 11.0 Å². The van der Waals surface area contributed by atoms with Gasteiger partial charge in [0.25, 0.3) is 0 Å². The molecule has 0 aliphatic carbocycles. The molecule has 1 aromatic carbocycles. The van der Waals surface area contributed by atoms with Crippen molar-refractivity contribution in [2.75, 3.05) is 0 Å². The molecule has 0 bridgehead atoms. The van der Waals surface area contributed by atoms with Crippen LogP contribution in [0.4, 0.5) is 4.39 Å². The normalized spacial score (nSPS) is 13.6.